The van der Waals surface area contributed by atoms with Crippen LogP contribution in [0.1, 0.15) is 6.92 Å². The number of ether oxygens (including phenoxy) is 3. The lowest BCUT2D eigenvalue weighted by Gasteiger charge is -2.12. The molecule has 4 nitrogen and oxygen atoms in total. The van der Waals surface area contributed by atoms with Crippen molar-refractivity contribution in [3.63, 3.8) is 0 Å². The Hall–Kier alpha value is -2.33. The molecule has 22 heavy (non-hydrogen) atoms. The van der Waals surface area contributed by atoms with E-state index in [9.17, 15) is 4.79 Å². The van der Waals surface area contributed by atoms with E-state index in [0.717, 1.165) is 16.9 Å². The standard InChI is InChI=1S/C18H20O4/c1-15(19)21-13-11-20-12-14-22-18-10-6-5-9-17(18)16-7-3-2-4-8-16/h2-10H,11-14H2,1H3. The van der Waals surface area contributed by atoms with Crippen molar-refractivity contribution in [1.29, 1.82) is 0 Å². The van der Waals surface area contributed by atoms with Gasteiger partial charge in [-0.05, 0) is 11.6 Å². The lowest BCUT2D eigenvalue weighted by molar-refractivity contribution is -0.142. The molecule has 0 aliphatic heterocycles. The summed E-state index contributed by atoms with van der Waals surface area (Å²) in [6.07, 6.45) is 0. The number of esters is 1. The van der Waals surface area contributed by atoms with Crippen LogP contribution in [0.15, 0.2) is 54.6 Å². The van der Waals surface area contributed by atoms with Crippen LogP contribution in [0.4, 0.5) is 0 Å². The highest BCUT2D eigenvalue weighted by molar-refractivity contribution is 5.70. The van der Waals surface area contributed by atoms with E-state index >= 15 is 0 Å². The SMILES string of the molecule is CC(=O)OCCOCCOc1ccccc1-c1ccccc1. The highest BCUT2D eigenvalue weighted by atomic mass is 16.6. The average Bonchev–Trinajstić information content (AvgIpc) is 2.55. The summed E-state index contributed by atoms with van der Waals surface area (Å²) >= 11 is 0. The Morgan fingerprint density at radius 3 is 2.32 bits per heavy atom. The maximum absolute atomic E-state index is 10.6. The fraction of sp³-hybridized carbons (Fsp3) is 0.278. The van der Waals surface area contributed by atoms with Gasteiger partial charge in [-0.2, -0.15) is 0 Å². The molecule has 0 bridgehead atoms. The lowest BCUT2D eigenvalue weighted by Crippen LogP contribution is -2.12. The van der Waals surface area contributed by atoms with Crippen molar-refractivity contribution in [3.05, 3.63) is 54.6 Å². The van der Waals surface area contributed by atoms with Crippen LogP contribution in [0, 0.1) is 0 Å². The van der Waals surface area contributed by atoms with Gasteiger partial charge in [-0.25, -0.2) is 0 Å². The molecule has 2 aromatic carbocycles. The van der Waals surface area contributed by atoms with Crippen molar-refractivity contribution < 1.29 is 19.0 Å². The number of hydrogen-bond acceptors (Lipinski definition) is 4. The topological polar surface area (TPSA) is 44.8 Å². The summed E-state index contributed by atoms with van der Waals surface area (Å²) < 4.78 is 15.9. The van der Waals surface area contributed by atoms with E-state index in [1.807, 2.05) is 42.5 Å². The average molecular weight is 300 g/mol. The molecule has 0 N–H and O–H groups in total. The van der Waals surface area contributed by atoms with Gasteiger partial charge in [0, 0.05) is 12.5 Å². The zero-order valence-electron chi connectivity index (χ0n) is 12.7. The van der Waals surface area contributed by atoms with E-state index in [0.29, 0.717) is 19.8 Å². The van der Waals surface area contributed by atoms with Gasteiger partial charge in [0.1, 0.15) is 19.0 Å². The van der Waals surface area contributed by atoms with E-state index < -0.39 is 0 Å². The molecule has 2 aromatic rings. The third kappa shape index (κ3) is 5.22. The van der Waals surface area contributed by atoms with E-state index in [1.165, 1.54) is 6.92 Å². The second-order valence-corrected chi connectivity index (χ2v) is 4.66. The number of rotatable bonds is 8. The Labute approximate surface area is 130 Å². The van der Waals surface area contributed by atoms with Gasteiger partial charge in [0.05, 0.1) is 13.2 Å². The third-order valence-electron chi connectivity index (χ3n) is 2.99. The van der Waals surface area contributed by atoms with Gasteiger partial charge in [-0.1, -0.05) is 48.5 Å². The van der Waals surface area contributed by atoms with Gasteiger partial charge in [-0.3, -0.25) is 4.79 Å². The number of carbonyl (C=O) groups is 1. The Bertz CT molecular complexity index is 581. The van der Waals surface area contributed by atoms with Crippen LogP contribution in [-0.4, -0.2) is 32.4 Å². The van der Waals surface area contributed by atoms with Crippen LogP contribution >= 0.6 is 0 Å². The summed E-state index contributed by atoms with van der Waals surface area (Å²) in [5, 5.41) is 0. The Kier molecular flexibility index (Phi) is 6.45. The predicted octanol–water partition coefficient (Wildman–Crippen LogP) is 3.31. The minimum absolute atomic E-state index is 0.274. The Morgan fingerprint density at radius 1 is 0.864 bits per heavy atom. The molecule has 0 unspecified atom stereocenters. The molecular weight excluding hydrogens is 280 g/mol. The molecule has 0 amide bonds. The zero-order valence-corrected chi connectivity index (χ0v) is 12.7. The molecule has 0 spiro atoms. The molecule has 116 valence electrons. The molecule has 0 aliphatic carbocycles. The van der Waals surface area contributed by atoms with Gasteiger partial charge >= 0.3 is 5.97 Å². The maximum atomic E-state index is 10.6. The lowest BCUT2D eigenvalue weighted by atomic mass is 10.1. The molecule has 0 radical (unpaired) electrons. The highest BCUT2D eigenvalue weighted by Gasteiger charge is 2.04. The number of carbonyl (C=O) groups excluding carboxylic acids is 1. The first-order valence-electron chi connectivity index (χ1n) is 7.26. The summed E-state index contributed by atoms with van der Waals surface area (Å²) in [5.74, 6) is 0.536. The van der Waals surface area contributed by atoms with Gasteiger partial charge in [0.2, 0.25) is 0 Å². The van der Waals surface area contributed by atoms with Gasteiger partial charge < -0.3 is 14.2 Å². The first kappa shape index (κ1) is 16.0. The monoisotopic (exact) mass is 300 g/mol. The third-order valence-corrected chi connectivity index (χ3v) is 2.99. The Morgan fingerprint density at radius 2 is 1.55 bits per heavy atom. The summed E-state index contributed by atoms with van der Waals surface area (Å²) in [5.41, 5.74) is 2.18. The van der Waals surface area contributed by atoms with Crippen LogP contribution in [0.5, 0.6) is 5.75 Å². The summed E-state index contributed by atoms with van der Waals surface area (Å²) in [7, 11) is 0. The van der Waals surface area contributed by atoms with E-state index in [1.54, 1.807) is 0 Å². The highest BCUT2D eigenvalue weighted by Crippen LogP contribution is 2.29. The van der Waals surface area contributed by atoms with Crippen molar-refractivity contribution in [2.75, 3.05) is 26.4 Å². The smallest absolute Gasteiger partial charge is 0.302 e. The fourth-order valence-corrected chi connectivity index (χ4v) is 2.01. The van der Waals surface area contributed by atoms with Crippen LogP contribution in [-0.2, 0) is 14.3 Å². The van der Waals surface area contributed by atoms with Gasteiger partial charge in [0.15, 0.2) is 0 Å². The van der Waals surface area contributed by atoms with Crippen LogP contribution in [0.25, 0.3) is 11.1 Å². The second-order valence-electron chi connectivity index (χ2n) is 4.66. The zero-order chi connectivity index (χ0) is 15.6. The molecule has 0 saturated heterocycles. The molecule has 0 aliphatic rings. The minimum Gasteiger partial charge on any atom is -0.491 e. The first-order chi connectivity index (χ1) is 10.8. The van der Waals surface area contributed by atoms with Crippen molar-refractivity contribution in [2.24, 2.45) is 0 Å². The quantitative estimate of drug-likeness (QED) is 0.554. The van der Waals surface area contributed by atoms with Crippen LogP contribution < -0.4 is 4.74 Å². The van der Waals surface area contributed by atoms with Crippen molar-refractivity contribution in [2.45, 2.75) is 6.92 Å². The molecule has 0 atom stereocenters. The summed E-state index contributed by atoms with van der Waals surface area (Å²) in [4.78, 5) is 10.6. The minimum atomic E-state index is -0.295. The fourth-order valence-electron chi connectivity index (χ4n) is 2.01. The molecular formula is C18H20O4. The molecule has 0 heterocycles. The second kappa shape index (κ2) is 8.85. The molecule has 0 saturated carbocycles. The van der Waals surface area contributed by atoms with Crippen LogP contribution in [0.3, 0.4) is 0 Å². The summed E-state index contributed by atoms with van der Waals surface area (Å²) in [6.45, 7) is 2.93. The van der Waals surface area contributed by atoms with Crippen LogP contribution in [0.2, 0.25) is 0 Å². The normalized spacial score (nSPS) is 10.2. The maximum Gasteiger partial charge on any atom is 0.302 e. The Balaban J connectivity index is 1.80. The number of benzene rings is 2. The van der Waals surface area contributed by atoms with E-state index in [4.69, 9.17) is 14.2 Å². The largest absolute Gasteiger partial charge is 0.491 e. The molecule has 0 aromatic heterocycles. The van der Waals surface area contributed by atoms with Crippen molar-refractivity contribution >= 4 is 5.97 Å². The predicted molar refractivity (Wildman–Crippen MR) is 84.8 cm³/mol. The van der Waals surface area contributed by atoms with Gasteiger partial charge in [-0.15, -0.1) is 0 Å². The number of para-hydroxylation sites is 1. The van der Waals surface area contributed by atoms with E-state index in [-0.39, 0.29) is 12.6 Å². The summed E-state index contributed by atoms with van der Waals surface area (Å²) in [6, 6.07) is 18.0. The van der Waals surface area contributed by atoms with E-state index in [2.05, 4.69) is 12.1 Å². The molecule has 4 heteroatoms. The van der Waals surface area contributed by atoms with Gasteiger partial charge in [0.25, 0.3) is 0 Å². The number of hydrogen-bond donors (Lipinski definition) is 0. The van der Waals surface area contributed by atoms with Crippen molar-refractivity contribution in [3.8, 4) is 16.9 Å². The first-order valence-corrected chi connectivity index (χ1v) is 7.26. The molecule has 0 fully saturated rings. The van der Waals surface area contributed by atoms with Crippen molar-refractivity contribution in [1.82, 2.24) is 0 Å². The molecule has 2 rings (SSSR count).